The van der Waals surface area contributed by atoms with Crippen molar-refractivity contribution in [2.45, 2.75) is 19.1 Å². The van der Waals surface area contributed by atoms with E-state index in [1.54, 1.807) is 19.4 Å². The van der Waals surface area contributed by atoms with E-state index in [1.165, 1.54) is 4.68 Å². The summed E-state index contributed by atoms with van der Waals surface area (Å²) in [5.41, 5.74) is 1.47. The van der Waals surface area contributed by atoms with Crippen LogP contribution in [0.3, 0.4) is 0 Å². The Morgan fingerprint density at radius 2 is 2.43 bits per heavy atom. The summed E-state index contributed by atoms with van der Waals surface area (Å²) >= 11 is 3.29. The molecule has 1 aliphatic heterocycles. The van der Waals surface area contributed by atoms with Gasteiger partial charge in [0, 0.05) is 32.3 Å². The van der Waals surface area contributed by atoms with Gasteiger partial charge in [-0.2, -0.15) is 5.10 Å². The van der Waals surface area contributed by atoms with Crippen molar-refractivity contribution >= 4 is 21.6 Å². The third-order valence-corrected chi connectivity index (χ3v) is 4.30. The molecule has 0 radical (unpaired) electrons. The Kier molecular flexibility index (Phi) is 4.92. The van der Waals surface area contributed by atoms with Crippen molar-refractivity contribution < 1.29 is 9.47 Å². The molecule has 0 spiro atoms. The highest BCUT2D eigenvalue weighted by atomic mass is 79.9. The van der Waals surface area contributed by atoms with E-state index in [0.717, 1.165) is 18.6 Å². The Morgan fingerprint density at radius 3 is 3.22 bits per heavy atom. The number of nitrogens with one attached hydrogen (secondary N) is 1. The number of anilines is 1. The fourth-order valence-corrected chi connectivity index (χ4v) is 2.73. The fraction of sp³-hybridized carbons (Fsp3) is 0.400. The number of aryl methyl sites for hydroxylation is 1. The summed E-state index contributed by atoms with van der Waals surface area (Å²) < 4.78 is 12.8. The van der Waals surface area contributed by atoms with Crippen molar-refractivity contribution in [3.8, 4) is 5.88 Å². The van der Waals surface area contributed by atoms with Gasteiger partial charge in [0.05, 0.1) is 25.1 Å². The van der Waals surface area contributed by atoms with Gasteiger partial charge in [0.15, 0.2) is 0 Å². The summed E-state index contributed by atoms with van der Waals surface area (Å²) in [5, 5.41) is 7.19. The molecule has 1 saturated heterocycles. The molecule has 1 fully saturated rings. The second-order valence-corrected chi connectivity index (χ2v) is 6.05. The van der Waals surface area contributed by atoms with Gasteiger partial charge in [-0.3, -0.25) is 4.79 Å². The maximum Gasteiger partial charge on any atom is 0.282 e. The number of pyridine rings is 1. The molecular formula is C15H17BrN4O3. The van der Waals surface area contributed by atoms with E-state index in [0.29, 0.717) is 29.2 Å². The van der Waals surface area contributed by atoms with Gasteiger partial charge in [0.25, 0.3) is 5.56 Å². The lowest BCUT2D eigenvalue weighted by Gasteiger charge is -2.12. The second-order valence-electron chi connectivity index (χ2n) is 5.26. The Bertz CT molecular complexity index is 744. The van der Waals surface area contributed by atoms with Crippen LogP contribution in [0.25, 0.3) is 0 Å². The van der Waals surface area contributed by atoms with Crippen LogP contribution in [0.5, 0.6) is 5.88 Å². The summed E-state index contributed by atoms with van der Waals surface area (Å²) in [7, 11) is 1.61. The van der Waals surface area contributed by atoms with Crippen molar-refractivity contribution in [3.63, 3.8) is 0 Å². The molecule has 2 aromatic heterocycles. The van der Waals surface area contributed by atoms with E-state index in [-0.39, 0.29) is 11.7 Å². The topological polar surface area (TPSA) is 78.3 Å². The van der Waals surface area contributed by atoms with E-state index in [9.17, 15) is 4.79 Å². The lowest BCUT2D eigenvalue weighted by Crippen LogP contribution is -2.21. The molecule has 3 heterocycles. The van der Waals surface area contributed by atoms with Gasteiger partial charge in [-0.25, -0.2) is 9.67 Å². The minimum Gasteiger partial charge on any atom is -0.472 e. The van der Waals surface area contributed by atoms with Gasteiger partial charge < -0.3 is 14.8 Å². The fourth-order valence-electron chi connectivity index (χ4n) is 2.23. The van der Waals surface area contributed by atoms with Crippen LogP contribution in [0, 0.1) is 0 Å². The molecule has 0 amide bonds. The first-order chi connectivity index (χ1) is 11.1. The molecule has 3 rings (SSSR count). The van der Waals surface area contributed by atoms with Gasteiger partial charge in [0.1, 0.15) is 10.6 Å². The van der Waals surface area contributed by atoms with E-state index < -0.39 is 0 Å². The maximum absolute atomic E-state index is 11.8. The summed E-state index contributed by atoms with van der Waals surface area (Å²) in [5.74, 6) is 0.584. The van der Waals surface area contributed by atoms with Crippen LogP contribution in [-0.2, 0) is 18.3 Å². The third kappa shape index (κ3) is 3.89. The van der Waals surface area contributed by atoms with Crippen LogP contribution in [0.15, 0.2) is 33.8 Å². The second kappa shape index (κ2) is 7.10. The largest absolute Gasteiger partial charge is 0.472 e. The van der Waals surface area contributed by atoms with Crippen molar-refractivity contribution in [3.05, 3.63) is 44.9 Å². The number of aromatic nitrogens is 3. The lowest BCUT2D eigenvalue weighted by atomic mass is 10.2. The molecule has 1 aliphatic rings. The van der Waals surface area contributed by atoms with Crippen LogP contribution in [0.1, 0.15) is 12.0 Å². The standard InChI is InChI=1S/C15H17BrN4O3/c1-20-15(21)14(16)12(8-19-20)18-7-10-2-4-17-13(6-10)23-11-3-5-22-9-11/h2,4,6,8,11,18H,3,5,7,9H2,1H3. The molecule has 1 atom stereocenters. The van der Waals surface area contributed by atoms with Crippen molar-refractivity contribution in [1.82, 2.24) is 14.8 Å². The van der Waals surface area contributed by atoms with Crippen LogP contribution in [-0.4, -0.2) is 34.1 Å². The highest BCUT2D eigenvalue weighted by molar-refractivity contribution is 9.10. The summed E-state index contributed by atoms with van der Waals surface area (Å²) in [4.78, 5) is 16.0. The number of hydrogen-bond donors (Lipinski definition) is 1. The van der Waals surface area contributed by atoms with Crippen LogP contribution in [0.4, 0.5) is 5.69 Å². The zero-order valence-corrected chi connectivity index (χ0v) is 14.2. The summed E-state index contributed by atoms with van der Waals surface area (Å²) in [6.45, 7) is 1.87. The lowest BCUT2D eigenvalue weighted by molar-refractivity contribution is 0.138. The summed E-state index contributed by atoms with van der Waals surface area (Å²) in [6.07, 6.45) is 4.27. The molecule has 1 unspecified atom stereocenters. The van der Waals surface area contributed by atoms with Crippen LogP contribution in [0.2, 0.25) is 0 Å². The number of nitrogens with zero attached hydrogens (tertiary/aromatic N) is 3. The van der Waals surface area contributed by atoms with Gasteiger partial charge in [-0.1, -0.05) is 0 Å². The van der Waals surface area contributed by atoms with Crippen LogP contribution >= 0.6 is 15.9 Å². The Balaban J connectivity index is 1.66. The van der Waals surface area contributed by atoms with E-state index in [4.69, 9.17) is 9.47 Å². The molecule has 23 heavy (non-hydrogen) atoms. The molecule has 7 nitrogen and oxygen atoms in total. The predicted molar refractivity (Wildman–Crippen MR) is 88.6 cm³/mol. The van der Waals surface area contributed by atoms with Crippen LogP contribution < -0.4 is 15.6 Å². The summed E-state index contributed by atoms with van der Waals surface area (Å²) in [6, 6.07) is 3.78. The first-order valence-electron chi connectivity index (χ1n) is 7.28. The smallest absolute Gasteiger partial charge is 0.282 e. The Morgan fingerprint density at radius 1 is 1.57 bits per heavy atom. The highest BCUT2D eigenvalue weighted by Crippen LogP contribution is 2.19. The van der Waals surface area contributed by atoms with Gasteiger partial charge in [-0.05, 0) is 27.6 Å². The number of halogens is 1. The molecule has 0 bridgehead atoms. The highest BCUT2D eigenvalue weighted by Gasteiger charge is 2.17. The van der Waals surface area contributed by atoms with Crippen molar-refractivity contribution in [2.24, 2.45) is 7.05 Å². The van der Waals surface area contributed by atoms with Gasteiger partial charge in [-0.15, -0.1) is 0 Å². The molecule has 122 valence electrons. The number of hydrogen-bond acceptors (Lipinski definition) is 6. The first-order valence-corrected chi connectivity index (χ1v) is 8.08. The van der Waals surface area contributed by atoms with Crippen molar-refractivity contribution in [1.29, 1.82) is 0 Å². The normalized spacial score (nSPS) is 17.2. The zero-order chi connectivity index (χ0) is 16.2. The molecular weight excluding hydrogens is 364 g/mol. The van der Waals surface area contributed by atoms with E-state index >= 15 is 0 Å². The molecule has 0 aromatic carbocycles. The predicted octanol–water partition coefficient (Wildman–Crippen LogP) is 1.72. The maximum atomic E-state index is 11.8. The van der Waals surface area contributed by atoms with E-state index in [1.807, 2.05) is 12.1 Å². The zero-order valence-electron chi connectivity index (χ0n) is 12.7. The Hall–Kier alpha value is -1.93. The molecule has 2 aromatic rings. The average molecular weight is 381 g/mol. The minimum atomic E-state index is -0.185. The first kappa shape index (κ1) is 15.9. The van der Waals surface area contributed by atoms with Gasteiger partial charge in [0.2, 0.25) is 5.88 Å². The quantitative estimate of drug-likeness (QED) is 0.850. The average Bonchev–Trinajstić information content (AvgIpc) is 3.05. The SMILES string of the molecule is Cn1ncc(NCc2ccnc(OC3CCOC3)c2)c(Br)c1=O. The van der Waals surface area contributed by atoms with Crippen molar-refractivity contribution in [2.75, 3.05) is 18.5 Å². The van der Waals surface area contributed by atoms with E-state index in [2.05, 4.69) is 31.3 Å². The third-order valence-electron chi connectivity index (χ3n) is 3.54. The monoisotopic (exact) mass is 380 g/mol. The number of ether oxygens (including phenoxy) is 2. The number of rotatable bonds is 5. The minimum absolute atomic E-state index is 0.0706. The molecule has 0 aliphatic carbocycles. The molecule has 8 heteroatoms. The molecule has 0 saturated carbocycles. The van der Waals surface area contributed by atoms with Gasteiger partial charge >= 0.3 is 0 Å². The molecule has 1 N–H and O–H groups in total. The Labute approximate surface area is 141 Å².